The summed E-state index contributed by atoms with van der Waals surface area (Å²) in [6.45, 7) is 2.21. The third-order valence-electron chi connectivity index (χ3n) is 4.35. The van der Waals surface area contributed by atoms with Gasteiger partial charge in [0, 0.05) is 29.6 Å². The molecule has 1 aliphatic heterocycles. The molecule has 1 amide bonds. The first-order valence-electron chi connectivity index (χ1n) is 7.56. The number of amides is 1. The van der Waals surface area contributed by atoms with Crippen LogP contribution < -0.4 is 10.1 Å². The summed E-state index contributed by atoms with van der Waals surface area (Å²) < 4.78 is 5.99. The fourth-order valence-electron chi connectivity index (χ4n) is 2.92. The molecule has 0 aromatic heterocycles. The molecule has 0 atom stereocenters. The highest BCUT2D eigenvalue weighted by atomic mass is 79.9. The van der Waals surface area contributed by atoms with Crippen molar-refractivity contribution in [2.24, 2.45) is 0 Å². The first-order valence-corrected chi connectivity index (χ1v) is 8.35. The van der Waals surface area contributed by atoms with Crippen LogP contribution in [0.2, 0.25) is 0 Å². The second-order valence-corrected chi connectivity index (χ2v) is 6.71. The summed E-state index contributed by atoms with van der Waals surface area (Å²) >= 11 is 3.44. The molecular weight excluding hydrogens is 332 g/mol. The topological polar surface area (TPSA) is 41.6 Å². The van der Waals surface area contributed by atoms with Gasteiger partial charge in [0.15, 0.2) is 0 Å². The molecule has 0 bridgehead atoms. The molecule has 1 aromatic rings. The van der Waals surface area contributed by atoms with Crippen molar-refractivity contribution in [1.29, 1.82) is 0 Å². The highest BCUT2D eigenvalue weighted by Gasteiger charge is 2.32. The third kappa shape index (κ3) is 3.58. The summed E-state index contributed by atoms with van der Waals surface area (Å²) in [4.78, 5) is 15.0. The fourth-order valence-corrected chi connectivity index (χ4v) is 3.34. The molecule has 1 saturated heterocycles. The van der Waals surface area contributed by atoms with Crippen molar-refractivity contribution < 1.29 is 9.53 Å². The highest BCUT2D eigenvalue weighted by molar-refractivity contribution is 9.10. The van der Waals surface area contributed by atoms with Crippen molar-refractivity contribution in [3.8, 4) is 5.75 Å². The number of ether oxygens (including phenoxy) is 1. The van der Waals surface area contributed by atoms with Crippen LogP contribution in [0.3, 0.4) is 0 Å². The van der Waals surface area contributed by atoms with Crippen LogP contribution in [-0.2, 0) is 0 Å². The van der Waals surface area contributed by atoms with E-state index in [9.17, 15) is 4.79 Å². The number of rotatable bonds is 4. The molecule has 1 saturated carbocycles. The fraction of sp³-hybridized carbons (Fsp3) is 0.562. The lowest BCUT2D eigenvalue weighted by Gasteiger charge is -2.32. The van der Waals surface area contributed by atoms with Gasteiger partial charge in [-0.3, -0.25) is 4.79 Å². The second kappa shape index (κ2) is 6.36. The van der Waals surface area contributed by atoms with Gasteiger partial charge in [-0.25, -0.2) is 0 Å². The molecule has 2 fully saturated rings. The molecule has 2 aliphatic rings. The molecule has 1 aliphatic carbocycles. The maximum absolute atomic E-state index is 12.4. The van der Waals surface area contributed by atoms with Crippen LogP contribution >= 0.6 is 15.9 Å². The van der Waals surface area contributed by atoms with Gasteiger partial charge in [0.25, 0.3) is 5.91 Å². The van der Waals surface area contributed by atoms with Crippen LogP contribution in [0.25, 0.3) is 0 Å². The molecule has 3 rings (SSSR count). The molecule has 1 heterocycles. The molecule has 1 N–H and O–H groups in total. The van der Waals surface area contributed by atoms with Gasteiger partial charge in [0.2, 0.25) is 0 Å². The Morgan fingerprint density at radius 3 is 2.62 bits per heavy atom. The Bertz CT molecular complexity index is 523. The number of nitrogens with one attached hydrogen (secondary N) is 1. The summed E-state index contributed by atoms with van der Waals surface area (Å²) in [6.07, 6.45) is 4.80. The number of hydrogen-bond acceptors (Lipinski definition) is 3. The molecule has 0 radical (unpaired) electrons. The number of hydrogen-bond donors (Lipinski definition) is 1. The number of piperidine rings is 1. The Balaban J connectivity index is 1.58. The number of halogens is 1. The predicted molar refractivity (Wildman–Crippen MR) is 85.8 cm³/mol. The van der Waals surface area contributed by atoms with Gasteiger partial charge in [-0.1, -0.05) is 0 Å². The van der Waals surface area contributed by atoms with E-state index in [0.717, 1.165) is 36.4 Å². The summed E-state index contributed by atoms with van der Waals surface area (Å²) in [5.41, 5.74) is 0.638. The van der Waals surface area contributed by atoms with Gasteiger partial charge in [-0.05, 0) is 59.8 Å². The van der Waals surface area contributed by atoms with E-state index in [4.69, 9.17) is 4.74 Å². The molecule has 0 spiro atoms. The smallest absolute Gasteiger partial charge is 0.252 e. The standard InChI is InChI=1S/C16H21BrN2O2/c1-21-13-4-5-15(17)14(10-13)16(20)18-11-6-8-19(9-7-11)12-2-3-12/h4-5,10-12H,2-3,6-9H2,1H3,(H,18,20). The first kappa shape index (κ1) is 14.9. The van der Waals surface area contributed by atoms with E-state index in [1.165, 1.54) is 12.8 Å². The van der Waals surface area contributed by atoms with E-state index in [0.29, 0.717) is 11.3 Å². The zero-order valence-electron chi connectivity index (χ0n) is 12.3. The Morgan fingerprint density at radius 2 is 2.00 bits per heavy atom. The van der Waals surface area contributed by atoms with Gasteiger partial charge < -0.3 is 15.0 Å². The molecule has 21 heavy (non-hydrogen) atoms. The van der Waals surface area contributed by atoms with Crippen LogP contribution in [-0.4, -0.2) is 43.1 Å². The SMILES string of the molecule is COc1ccc(Br)c(C(=O)NC2CCN(C3CC3)CC2)c1. The van der Waals surface area contributed by atoms with Crippen LogP contribution in [0.5, 0.6) is 5.75 Å². The first-order chi connectivity index (χ1) is 10.2. The average molecular weight is 353 g/mol. The van der Waals surface area contributed by atoms with Crippen LogP contribution in [0.4, 0.5) is 0 Å². The van der Waals surface area contributed by atoms with Gasteiger partial charge in [0.05, 0.1) is 12.7 Å². The summed E-state index contributed by atoms with van der Waals surface area (Å²) in [5.74, 6) is 0.678. The normalized spacial score (nSPS) is 20.3. The lowest BCUT2D eigenvalue weighted by atomic mass is 10.0. The zero-order chi connectivity index (χ0) is 14.8. The van der Waals surface area contributed by atoms with Crippen LogP contribution in [0.1, 0.15) is 36.0 Å². The lowest BCUT2D eigenvalue weighted by Crippen LogP contribution is -2.45. The Kier molecular flexibility index (Phi) is 4.50. The maximum Gasteiger partial charge on any atom is 0.252 e. The summed E-state index contributed by atoms with van der Waals surface area (Å²) in [6, 6.07) is 6.58. The van der Waals surface area contributed by atoms with Crippen molar-refractivity contribution in [3.05, 3.63) is 28.2 Å². The molecule has 5 heteroatoms. The number of carbonyl (C=O) groups is 1. The Labute approximate surface area is 134 Å². The van der Waals surface area contributed by atoms with Gasteiger partial charge in [-0.2, -0.15) is 0 Å². The monoisotopic (exact) mass is 352 g/mol. The lowest BCUT2D eigenvalue weighted by molar-refractivity contribution is 0.0908. The van der Waals surface area contributed by atoms with Crippen molar-refractivity contribution in [2.45, 2.75) is 37.8 Å². The highest BCUT2D eigenvalue weighted by Crippen LogP contribution is 2.29. The van der Waals surface area contributed by atoms with Crippen molar-refractivity contribution in [3.63, 3.8) is 0 Å². The van der Waals surface area contributed by atoms with E-state index in [1.807, 2.05) is 12.1 Å². The number of methoxy groups -OCH3 is 1. The van der Waals surface area contributed by atoms with Crippen LogP contribution in [0.15, 0.2) is 22.7 Å². The third-order valence-corrected chi connectivity index (χ3v) is 5.04. The maximum atomic E-state index is 12.4. The van der Waals surface area contributed by atoms with Crippen molar-refractivity contribution in [2.75, 3.05) is 20.2 Å². The van der Waals surface area contributed by atoms with E-state index in [1.54, 1.807) is 13.2 Å². The van der Waals surface area contributed by atoms with Gasteiger partial charge in [0.1, 0.15) is 5.75 Å². The largest absolute Gasteiger partial charge is 0.497 e. The quantitative estimate of drug-likeness (QED) is 0.905. The zero-order valence-corrected chi connectivity index (χ0v) is 13.9. The molecule has 0 unspecified atom stereocenters. The van der Waals surface area contributed by atoms with Gasteiger partial charge >= 0.3 is 0 Å². The van der Waals surface area contributed by atoms with E-state index in [2.05, 4.69) is 26.1 Å². The number of nitrogens with zero attached hydrogens (tertiary/aromatic N) is 1. The number of likely N-dealkylation sites (tertiary alicyclic amines) is 1. The van der Waals surface area contributed by atoms with Crippen LogP contribution in [0, 0.1) is 0 Å². The Hall–Kier alpha value is -1.07. The molecule has 1 aromatic carbocycles. The summed E-state index contributed by atoms with van der Waals surface area (Å²) in [7, 11) is 1.61. The minimum absolute atomic E-state index is 0.0225. The Morgan fingerprint density at radius 1 is 1.29 bits per heavy atom. The minimum atomic E-state index is -0.0225. The molecular formula is C16H21BrN2O2. The second-order valence-electron chi connectivity index (χ2n) is 5.86. The van der Waals surface area contributed by atoms with Crippen molar-refractivity contribution >= 4 is 21.8 Å². The van der Waals surface area contributed by atoms with E-state index < -0.39 is 0 Å². The molecule has 4 nitrogen and oxygen atoms in total. The van der Waals surface area contributed by atoms with Crippen molar-refractivity contribution in [1.82, 2.24) is 10.2 Å². The number of carbonyl (C=O) groups excluding carboxylic acids is 1. The van der Waals surface area contributed by atoms with Gasteiger partial charge in [-0.15, -0.1) is 0 Å². The minimum Gasteiger partial charge on any atom is -0.497 e. The summed E-state index contributed by atoms with van der Waals surface area (Å²) in [5, 5.41) is 3.16. The van der Waals surface area contributed by atoms with E-state index >= 15 is 0 Å². The predicted octanol–water partition coefficient (Wildman–Crippen LogP) is 2.81. The number of benzene rings is 1. The average Bonchev–Trinajstić information content (AvgIpc) is 3.33. The van der Waals surface area contributed by atoms with E-state index in [-0.39, 0.29) is 11.9 Å². The molecule has 114 valence electrons.